The summed E-state index contributed by atoms with van der Waals surface area (Å²) in [4.78, 5) is 24.1. The van der Waals surface area contributed by atoms with Crippen molar-refractivity contribution >= 4 is 23.4 Å². The standard InChI is InChI=1S/C23H20ClN3O3S/c1-3-29-18-9-7-15(8-10-18)22-25-20(14(2)30-22)13-31-23-26-19(12-21(28)27-23)16-5-4-6-17(24)11-16/h4-12H,3,13H2,1-2H3,(H,26,27,28). The smallest absolute Gasteiger partial charge is 0.252 e. The summed E-state index contributed by atoms with van der Waals surface area (Å²) in [6.45, 7) is 4.44. The van der Waals surface area contributed by atoms with Crippen LogP contribution in [0.1, 0.15) is 18.4 Å². The van der Waals surface area contributed by atoms with Crippen LogP contribution in [0.2, 0.25) is 5.02 Å². The van der Waals surface area contributed by atoms with Gasteiger partial charge in [-0.05, 0) is 50.2 Å². The van der Waals surface area contributed by atoms with Gasteiger partial charge in [0.05, 0.1) is 18.0 Å². The van der Waals surface area contributed by atoms with E-state index in [9.17, 15) is 4.79 Å². The van der Waals surface area contributed by atoms with Gasteiger partial charge in [-0.1, -0.05) is 35.5 Å². The molecule has 2 aromatic carbocycles. The van der Waals surface area contributed by atoms with Gasteiger partial charge in [-0.15, -0.1) is 0 Å². The van der Waals surface area contributed by atoms with Crippen LogP contribution in [-0.2, 0) is 5.75 Å². The van der Waals surface area contributed by atoms with Crippen molar-refractivity contribution in [2.75, 3.05) is 6.61 Å². The number of ether oxygens (including phenoxy) is 1. The van der Waals surface area contributed by atoms with E-state index < -0.39 is 0 Å². The average molecular weight is 454 g/mol. The zero-order valence-electron chi connectivity index (χ0n) is 17.0. The lowest BCUT2D eigenvalue weighted by Crippen LogP contribution is -2.08. The molecule has 0 unspecified atom stereocenters. The molecule has 4 rings (SSSR count). The van der Waals surface area contributed by atoms with Crippen molar-refractivity contribution < 1.29 is 9.15 Å². The molecule has 31 heavy (non-hydrogen) atoms. The highest BCUT2D eigenvalue weighted by Gasteiger charge is 2.13. The Balaban J connectivity index is 1.51. The predicted octanol–water partition coefficient (Wildman–Crippen LogP) is 5.74. The molecule has 0 saturated heterocycles. The fourth-order valence-corrected chi connectivity index (χ4v) is 4.05. The maximum atomic E-state index is 12.1. The van der Waals surface area contributed by atoms with Gasteiger partial charge in [0.25, 0.3) is 5.56 Å². The van der Waals surface area contributed by atoms with Crippen molar-refractivity contribution in [2.24, 2.45) is 0 Å². The Bertz CT molecular complexity index is 1250. The number of aryl methyl sites for hydroxylation is 1. The second kappa shape index (κ2) is 9.41. The van der Waals surface area contributed by atoms with E-state index in [1.165, 1.54) is 17.8 Å². The number of benzene rings is 2. The highest BCUT2D eigenvalue weighted by Crippen LogP contribution is 2.28. The van der Waals surface area contributed by atoms with Crippen molar-refractivity contribution in [3.05, 3.63) is 81.4 Å². The third-order valence-electron chi connectivity index (χ3n) is 4.49. The van der Waals surface area contributed by atoms with Crippen LogP contribution in [0, 0.1) is 6.92 Å². The third kappa shape index (κ3) is 5.18. The summed E-state index contributed by atoms with van der Waals surface area (Å²) in [5, 5.41) is 1.10. The molecule has 0 spiro atoms. The Labute approximate surface area is 188 Å². The largest absolute Gasteiger partial charge is 0.494 e. The van der Waals surface area contributed by atoms with E-state index in [0.717, 1.165) is 28.3 Å². The van der Waals surface area contributed by atoms with Crippen LogP contribution in [0.4, 0.5) is 0 Å². The Hall–Kier alpha value is -3.03. The van der Waals surface area contributed by atoms with Gasteiger partial charge in [0.2, 0.25) is 5.89 Å². The first-order valence-electron chi connectivity index (χ1n) is 9.71. The molecule has 0 saturated carbocycles. The van der Waals surface area contributed by atoms with Crippen molar-refractivity contribution in [2.45, 2.75) is 24.8 Å². The van der Waals surface area contributed by atoms with Gasteiger partial charge in [0.1, 0.15) is 11.5 Å². The zero-order chi connectivity index (χ0) is 21.8. The van der Waals surface area contributed by atoms with Gasteiger partial charge in [0, 0.05) is 28.0 Å². The molecule has 0 fully saturated rings. The topological polar surface area (TPSA) is 81.0 Å². The minimum Gasteiger partial charge on any atom is -0.494 e. The Kier molecular flexibility index (Phi) is 6.44. The van der Waals surface area contributed by atoms with Gasteiger partial charge in [-0.25, -0.2) is 9.97 Å². The first-order chi connectivity index (χ1) is 15.0. The number of aromatic amines is 1. The first kappa shape index (κ1) is 21.2. The van der Waals surface area contributed by atoms with Gasteiger partial charge in [-0.2, -0.15) is 0 Å². The molecule has 1 N–H and O–H groups in total. The zero-order valence-corrected chi connectivity index (χ0v) is 18.6. The Morgan fingerprint density at radius 1 is 1.10 bits per heavy atom. The van der Waals surface area contributed by atoms with E-state index >= 15 is 0 Å². The molecule has 0 aliphatic heterocycles. The number of thioether (sulfide) groups is 1. The van der Waals surface area contributed by atoms with E-state index in [-0.39, 0.29) is 5.56 Å². The third-order valence-corrected chi connectivity index (χ3v) is 5.61. The summed E-state index contributed by atoms with van der Waals surface area (Å²) >= 11 is 7.46. The average Bonchev–Trinajstić information content (AvgIpc) is 3.13. The maximum absolute atomic E-state index is 12.1. The number of hydrogen-bond acceptors (Lipinski definition) is 6. The number of hydrogen-bond donors (Lipinski definition) is 1. The summed E-state index contributed by atoms with van der Waals surface area (Å²) < 4.78 is 11.3. The first-order valence-corrected chi connectivity index (χ1v) is 11.1. The number of halogens is 1. The fourth-order valence-electron chi connectivity index (χ4n) is 2.98. The highest BCUT2D eigenvalue weighted by molar-refractivity contribution is 7.98. The molecule has 6 nitrogen and oxygen atoms in total. The van der Waals surface area contributed by atoms with Crippen molar-refractivity contribution in [3.8, 4) is 28.5 Å². The normalized spacial score (nSPS) is 10.9. The van der Waals surface area contributed by atoms with Crippen LogP contribution in [0.25, 0.3) is 22.7 Å². The SMILES string of the molecule is CCOc1ccc(-c2nc(CSc3nc(-c4cccc(Cl)c4)cc(=O)[nH]3)c(C)o2)cc1. The Morgan fingerprint density at radius 3 is 2.65 bits per heavy atom. The minimum atomic E-state index is -0.223. The molecule has 0 bridgehead atoms. The number of H-pyrrole nitrogens is 1. The van der Waals surface area contributed by atoms with E-state index in [0.29, 0.717) is 34.1 Å². The Morgan fingerprint density at radius 2 is 1.90 bits per heavy atom. The lowest BCUT2D eigenvalue weighted by atomic mass is 10.1. The van der Waals surface area contributed by atoms with Gasteiger partial charge in [0.15, 0.2) is 5.16 Å². The van der Waals surface area contributed by atoms with Gasteiger partial charge in [-0.3, -0.25) is 4.79 Å². The minimum absolute atomic E-state index is 0.223. The molecule has 158 valence electrons. The summed E-state index contributed by atoms with van der Waals surface area (Å²) in [6.07, 6.45) is 0. The molecule has 0 radical (unpaired) electrons. The highest BCUT2D eigenvalue weighted by atomic mass is 35.5. The summed E-state index contributed by atoms with van der Waals surface area (Å²) in [6, 6.07) is 16.3. The van der Waals surface area contributed by atoms with E-state index in [1.54, 1.807) is 12.1 Å². The molecule has 2 aromatic heterocycles. The molecule has 8 heteroatoms. The molecule has 4 aromatic rings. The molecule has 0 atom stereocenters. The lowest BCUT2D eigenvalue weighted by molar-refractivity contribution is 0.340. The van der Waals surface area contributed by atoms with Gasteiger partial charge >= 0.3 is 0 Å². The second-order valence-corrected chi connectivity index (χ2v) is 8.11. The van der Waals surface area contributed by atoms with Crippen LogP contribution in [-0.4, -0.2) is 21.6 Å². The van der Waals surface area contributed by atoms with E-state index in [4.69, 9.17) is 20.8 Å². The molecular formula is C23H20ClN3O3S. The number of oxazole rings is 1. The van der Waals surface area contributed by atoms with Crippen LogP contribution >= 0.6 is 23.4 Å². The summed E-state index contributed by atoms with van der Waals surface area (Å²) in [5.41, 5.74) is 2.80. The summed E-state index contributed by atoms with van der Waals surface area (Å²) in [7, 11) is 0. The van der Waals surface area contributed by atoms with Crippen LogP contribution in [0.5, 0.6) is 5.75 Å². The molecule has 0 aliphatic carbocycles. The predicted molar refractivity (Wildman–Crippen MR) is 123 cm³/mol. The van der Waals surface area contributed by atoms with Crippen LogP contribution in [0.15, 0.2) is 69.0 Å². The number of aromatic nitrogens is 3. The fraction of sp³-hybridized carbons (Fsp3) is 0.174. The van der Waals surface area contributed by atoms with E-state index in [2.05, 4.69) is 15.0 Å². The molecule has 0 aliphatic rings. The van der Waals surface area contributed by atoms with Crippen molar-refractivity contribution in [1.29, 1.82) is 0 Å². The van der Waals surface area contributed by atoms with Crippen LogP contribution in [0.3, 0.4) is 0 Å². The molecule has 2 heterocycles. The maximum Gasteiger partial charge on any atom is 0.252 e. The second-order valence-electron chi connectivity index (χ2n) is 6.71. The quantitative estimate of drug-likeness (QED) is 0.283. The molecular weight excluding hydrogens is 434 g/mol. The lowest BCUT2D eigenvalue weighted by Gasteiger charge is -2.04. The van der Waals surface area contributed by atoms with E-state index in [1.807, 2.05) is 50.2 Å². The number of nitrogens with one attached hydrogen (secondary N) is 1. The van der Waals surface area contributed by atoms with Gasteiger partial charge < -0.3 is 14.1 Å². The monoisotopic (exact) mass is 453 g/mol. The van der Waals surface area contributed by atoms with Crippen LogP contribution < -0.4 is 10.3 Å². The van der Waals surface area contributed by atoms with Crippen molar-refractivity contribution in [3.63, 3.8) is 0 Å². The number of nitrogens with zero attached hydrogens (tertiary/aromatic N) is 2. The number of rotatable bonds is 7. The summed E-state index contributed by atoms with van der Waals surface area (Å²) in [5.74, 6) is 2.59. The van der Waals surface area contributed by atoms with Crippen molar-refractivity contribution in [1.82, 2.24) is 15.0 Å². The molecule has 0 amide bonds.